The zero-order chi connectivity index (χ0) is 15.5. The van der Waals surface area contributed by atoms with Gasteiger partial charge in [0.05, 0.1) is 0 Å². The number of benzene rings is 1. The Morgan fingerprint density at radius 1 is 1.38 bits per heavy atom. The van der Waals surface area contributed by atoms with Crippen molar-refractivity contribution in [3.63, 3.8) is 0 Å². The van der Waals surface area contributed by atoms with Crippen molar-refractivity contribution in [2.75, 3.05) is 26.7 Å². The Balaban J connectivity index is 1.87. The van der Waals surface area contributed by atoms with E-state index in [4.69, 9.17) is 0 Å². The highest BCUT2D eigenvalue weighted by atomic mass is 79.9. The molecule has 21 heavy (non-hydrogen) atoms. The van der Waals surface area contributed by atoms with Gasteiger partial charge in [-0.1, -0.05) is 48.8 Å². The third-order valence-corrected chi connectivity index (χ3v) is 5.32. The predicted octanol–water partition coefficient (Wildman–Crippen LogP) is 4.47. The Bertz CT molecular complexity index is 453. The molecule has 2 rings (SSSR count). The van der Waals surface area contributed by atoms with Crippen LogP contribution in [0.2, 0.25) is 0 Å². The van der Waals surface area contributed by atoms with Crippen molar-refractivity contribution in [2.45, 2.75) is 39.7 Å². The second-order valence-electron chi connectivity index (χ2n) is 7.34. The summed E-state index contributed by atoms with van der Waals surface area (Å²) in [7, 11) is 2.06. The minimum Gasteiger partial charge on any atom is -0.313 e. The van der Waals surface area contributed by atoms with Gasteiger partial charge in [0, 0.05) is 17.1 Å². The first kappa shape index (κ1) is 17.0. The third kappa shape index (κ3) is 4.80. The molecular formula is C18H29BrN2. The molecule has 2 nitrogen and oxygen atoms in total. The molecule has 1 aromatic carbocycles. The molecule has 0 aliphatic carbocycles. The van der Waals surface area contributed by atoms with Crippen LogP contribution in [0.25, 0.3) is 0 Å². The number of hydrogen-bond acceptors (Lipinski definition) is 2. The van der Waals surface area contributed by atoms with Crippen LogP contribution >= 0.6 is 15.9 Å². The van der Waals surface area contributed by atoms with E-state index in [9.17, 15) is 0 Å². The molecule has 1 aromatic rings. The highest BCUT2D eigenvalue weighted by Gasteiger charge is 2.31. The first-order valence-electron chi connectivity index (χ1n) is 8.05. The second-order valence-corrected chi connectivity index (χ2v) is 8.25. The van der Waals surface area contributed by atoms with Crippen molar-refractivity contribution < 1.29 is 0 Å². The Hall–Kier alpha value is -0.380. The van der Waals surface area contributed by atoms with Crippen LogP contribution in [0.15, 0.2) is 28.7 Å². The van der Waals surface area contributed by atoms with E-state index in [1.165, 1.54) is 38.0 Å². The van der Waals surface area contributed by atoms with Gasteiger partial charge in [-0.2, -0.15) is 0 Å². The van der Waals surface area contributed by atoms with Crippen molar-refractivity contribution in [1.82, 2.24) is 10.2 Å². The summed E-state index contributed by atoms with van der Waals surface area (Å²) in [5.41, 5.74) is 1.82. The molecule has 1 aliphatic rings. The van der Waals surface area contributed by atoms with Crippen molar-refractivity contribution in [3.8, 4) is 0 Å². The Labute approximate surface area is 138 Å². The fourth-order valence-corrected chi connectivity index (χ4v) is 3.67. The fraction of sp³-hybridized carbons (Fsp3) is 0.667. The van der Waals surface area contributed by atoms with Gasteiger partial charge >= 0.3 is 0 Å². The lowest BCUT2D eigenvalue weighted by atomic mass is 9.80. The standard InChI is InChI=1S/C18H29BrN2/c1-18(2,3)15-8-10-21(13-15)11-9-17(20-4)14-6-5-7-16(19)12-14/h5-7,12,15,17,20H,8-11,13H2,1-4H3. The number of hydrogen-bond donors (Lipinski definition) is 1. The topological polar surface area (TPSA) is 15.3 Å². The molecule has 1 fully saturated rings. The average Bonchev–Trinajstić information content (AvgIpc) is 2.88. The highest BCUT2D eigenvalue weighted by Crippen LogP contribution is 2.34. The van der Waals surface area contributed by atoms with Gasteiger partial charge in [0.2, 0.25) is 0 Å². The Morgan fingerprint density at radius 2 is 2.14 bits per heavy atom. The van der Waals surface area contributed by atoms with Crippen LogP contribution in [0.5, 0.6) is 0 Å². The van der Waals surface area contributed by atoms with Crippen LogP contribution in [0.3, 0.4) is 0 Å². The monoisotopic (exact) mass is 352 g/mol. The third-order valence-electron chi connectivity index (χ3n) is 4.83. The predicted molar refractivity (Wildman–Crippen MR) is 94.6 cm³/mol. The summed E-state index contributed by atoms with van der Waals surface area (Å²) >= 11 is 3.57. The average molecular weight is 353 g/mol. The van der Waals surface area contributed by atoms with Crippen molar-refractivity contribution in [1.29, 1.82) is 0 Å². The molecule has 0 radical (unpaired) electrons. The summed E-state index contributed by atoms with van der Waals surface area (Å²) in [5.74, 6) is 0.844. The lowest BCUT2D eigenvalue weighted by Crippen LogP contribution is -2.29. The second kappa shape index (κ2) is 7.26. The van der Waals surface area contributed by atoms with Crippen molar-refractivity contribution in [3.05, 3.63) is 34.3 Å². The maximum Gasteiger partial charge on any atom is 0.0330 e. The fourth-order valence-electron chi connectivity index (χ4n) is 3.26. The largest absolute Gasteiger partial charge is 0.313 e. The van der Waals surface area contributed by atoms with E-state index in [2.05, 4.69) is 78.2 Å². The summed E-state index contributed by atoms with van der Waals surface area (Å²) in [6, 6.07) is 9.09. The Kier molecular flexibility index (Phi) is 5.87. The molecule has 1 N–H and O–H groups in total. The van der Waals surface area contributed by atoms with E-state index in [1.54, 1.807) is 0 Å². The normalized spacial score (nSPS) is 21.7. The van der Waals surface area contributed by atoms with E-state index in [0.29, 0.717) is 11.5 Å². The molecule has 1 saturated heterocycles. The molecular weight excluding hydrogens is 324 g/mol. The first-order chi connectivity index (χ1) is 9.90. The van der Waals surface area contributed by atoms with Crippen LogP contribution in [0.1, 0.15) is 45.2 Å². The van der Waals surface area contributed by atoms with Gasteiger partial charge in [-0.25, -0.2) is 0 Å². The molecule has 1 heterocycles. The summed E-state index contributed by atoms with van der Waals surface area (Å²) in [5, 5.41) is 3.46. The molecule has 3 heteroatoms. The van der Waals surface area contributed by atoms with Gasteiger partial charge in [0.1, 0.15) is 0 Å². The lowest BCUT2D eigenvalue weighted by Gasteiger charge is -2.27. The molecule has 0 bridgehead atoms. The van der Waals surface area contributed by atoms with Crippen molar-refractivity contribution >= 4 is 15.9 Å². The van der Waals surface area contributed by atoms with Gasteiger partial charge in [0.25, 0.3) is 0 Å². The zero-order valence-corrected chi connectivity index (χ0v) is 15.4. The maximum absolute atomic E-state index is 3.57. The molecule has 118 valence electrons. The van der Waals surface area contributed by atoms with E-state index < -0.39 is 0 Å². The minimum atomic E-state index is 0.441. The van der Waals surface area contributed by atoms with E-state index in [0.717, 1.165) is 10.4 Å². The van der Waals surface area contributed by atoms with Crippen LogP contribution in [-0.2, 0) is 0 Å². The van der Waals surface area contributed by atoms with E-state index >= 15 is 0 Å². The molecule has 0 amide bonds. The smallest absolute Gasteiger partial charge is 0.0330 e. The van der Waals surface area contributed by atoms with Gasteiger partial charge in [-0.3, -0.25) is 0 Å². The number of likely N-dealkylation sites (tertiary alicyclic amines) is 1. The van der Waals surface area contributed by atoms with Gasteiger partial charge in [0.15, 0.2) is 0 Å². The molecule has 1 aliphatic heterocycles. The first-order valence-corrected chi connectivity index (χ1v) is 8.84. The number of rotatable bonds is 5. The number of halogens is 1. The summed E-state index contributed by atoms with van der Waals surface area (Å²) in [6.45, 7) is 10.8. The van der Waals surface area contributed by atoms with Crippen LogP contribution in [-0.4, -0.2) is 31.6 Å². The van der Waals surface area contributed by atoms with Crippen LogP contribution < -0.4 is 5.32 Å². The summed E-state index contributed by atoms with van der Waals surface area (Å²) in [6.07, 6.45) is 2.52. The molecule has 0 spiro atoms. The van der Waals surface area contributed by atoms with E-state index in [1.807, 2.05) is 0 Å². The van der Waals surface area contributed by atoms with Crippen LogP contribution in [0.4, 0.5) is 0 Å². The summed E-state index contributed by atoms with van der Waals surface area (Å²) in [4.78, 5) is 2.64. The molecule has 2 unspecified atom stereocenters. The highest BCUT2D eigenvalue weighted by molar-refractivity contribution is 9.10. The van der Waals surface area contributed by atoms with Gasteiger partial charge in [-0.05, 0) is 62.0 Å². The van der Waals surface area contributed by atoms with Gasteiger partial charge in [-0.15, -0.1) is 0 Å². The Morgan fingerprint density at radius 3 is 2.71 bits per heavy atom. The number of nitrogens with one attached hydrogen (secondary N) is 1. The number of nitrogens with zero attached hydrogens (tertiary/aromatic N) is 1. The van der Waals surface area contributed by atoms with Crippen LogP contribution in [0, 0.1) is 11.3 Å². The van der Waals surface area contributed by atoms with Crippen molar-refractivity contribution in [2.24, 2.45) is 11.3 Å². The molecule has 0 aromatic heterocycles. The van der Waals surface area contributed by atoms with E-state index in [-0.39, 0.29) is 0 Å². The summed E-state index contributed by atoms with van der Waals surface area (Å²) < 4.78 is 1.16. The molecule has 0 saturated carbocycles. The quantitative estimate of drug-likeness (QED) is 0.840. The molecule has 2 atom stereocenters. The maximum atomic E-state index is 3.57. The zero-order valence-electron chi connectivity index (χ0n) is 13.8. The lowest BCUT2D eigenvalue weighted by molar-refractivity contribution is 0.225. The van der Waals surface area contributed by atoms with Gasteiger partial charge < -0.3 is 10.2 Å². The SMILES string of the molecule is CNC(CCN1CCC(C(C)(C)C)C1)c1cccc(Br)c1. The minimum absolute atomic E-state index is 0.441.